The highest BCUT2D eigenvalue weighted by molar-refractivity contribution is 7.89. The Morgan fingerprint density at radius 2 is 1.76 bits per heavy atom. The van der Waals surface area contributed by atoms with Crippen molar-refractivity contribution in [1.29, 1.82) is 0 Å². The predicted molar refractivity (Wildman–Crippen MR) is 128 cm³/mol. The Balaban J connectivity index is 1.72. The summed E-state index contributed by atoms with van der Waals surface area (Å²) in [6.45, 7) is 2.92. The molecule has 0 saturated carbocycles. The molecule has 33 heavy (non-hydrogen) atoms. The first kappa shape index (κ1) is 23.8. The van der Waals surface area contributed by atoms with Crippen molar-refractivity contribution in [2.45, 2.75) is 24.2 Å². The fraction of sp³-hybridized carbons (Fsp3) is 0.435. The summed E-state index contributed by atoms with van der Waals surface area (Å²) in [4.78, 5) is 15.7. The highest BCUT2D eigenvalue weighted by Crippen LogP contribution is 2.32. The monoisotopic (exact) mass is 493 g/mol. The highest BCUT2D eigenvalue weighted by Gasteiger charge is 2.29. The van der Waals surface area contributed by atoms with Gasteiger partial charge in [-0.1, -0.05) is 11.6 Å². The number of piperidine rings is 1. The van der Waals surface area contributed by atoms with E-state index in [1.165, 1.54) is 17.5 Å². The summed E-state index contributed by atoms with van der Waals surface area (Å²) in [5.74, 6) is 0.0412. The molecule has 8 nitrogen and oxygen atoms in total. The molecule has 4 rings (SSSR count). The van der Waals surface area contributed by atoms with Crippen molar-refractivity contribution in [1.82, 2.24) is 4.31 Å². The van der Waals surface area contributed by atoms with Crippen molar-refractivity contribution in [3.8, 4) is 5.75 Å². The van der Waals surface area contributed by atoms with Crippen molar-refractivity contribution >= 4 is 38.9 Å². The first-order valence-electron chi connectivity index (χ1n) is 11.0. The molecular weight excluding hydrogens is 466 g/mol. The Morgan fingerprint density at radius 3 is 2.45 bits per heavy atom. The van der Waals surface area contributed by atoms with Gasteiger partial charge in [0.2, 0.25) is 10.0 Å². The lowest BCUT2D eigenvalue weighted by atomic mass is 10.1. The Labute approximate surface area is 199 Å². The van der Waals surface area contributed by atoms with Gasteiger partial charge in [-0.15, -0.1) is 0 Å². The second kappa shape index (κ2) is 10.3. The molecule has 0 unspecified atom stereocenters. The number of ether oxygens (including phenoxy) is 2. The van der Waals surface area contributed by atoms with Crippen LogP contribution >= 0.6 is 11.6 Å². The highest BCUT2D eigenvalue weighted by atomic mass is 35.5. The number of methoxy groups -OCH3 is 1. The summed E-state index contributed by atoms with van der Waals surface area (Å²) in [5.41, 5.74) is 1.43. The Bertz CT molecular complexity index is 1110. The van der Waals surface area contributed by atoms with E-state index in [9.17, 15) is 13.2 Å². The lowest BCUT2D eigenvalue weighted by molar-refractivity contribution is 0.0730. The van der Waals surface area contributed by atoms with E-state index in [-0.39, 0.29) is 18.0 Å². The number of carbonyl (C=O) groups is 1. The average Bonchev–Trinajstić information content (AvgIpc) is 2.85. The number of morpholine rings is 1. The molecule has 1 N–H and O–H groups in total. The molecule has 0 bridgehead atoms. The lowest BCUT2D eigenvalue weighted by Crippen LogP contribution is -2.40. The van der Waals surface area contributed by atoms with Crippen LogP contribution in [-0.4, -0.2) is 65.1 Å². The van der Waals surface area contributed by atoms with Gasteiger partial charge in [-0.25, -0.2) is 8.42 Å². The number of anilines is 2. The fourth-order valence-corrected chi connectivity index (χ4v) is 5.78. The molecule has 2 fully saturated rings. The summed E-state index contributed by atoms with van der Waals surface area (Å²) in [6, 6.07) is 9.75. The number of nitrogens with one attached hydrogen (secondary N) is 1. The van der Waals surface area contributed by atoms with Crippen molar-refractivity contribution in [3.05, 3.63) is 47.0 Å². The number of carbonyl (C=O) groups excluding carboxylic acids is 1. The van der Waals surface area contributed by atoms with Crippen LogP contribution in [0.3, 0.4) is 0 Å². The van der Waals surface area contributed by atoms with Gasteiger partial charge >= 0.3 is 0 Å². The number of rotatable bonds is 6. The predicted octanol–water partition coefficient (Wildman–Crippen LogP) is 3.61. The molecule has 2 heterocycles. The molecule has 2 saturated heterocycles. The number of benzene rings is 2. The van der Waals surface area contributed by atoms with E-state index in [1.807, 2.05) is 0 Å². The summed E-state index contributed by atoms with van der Waals surface area (Å²) in [6.07, 6.45) is 3.19. The SMILES string of the molecule is COc1ccc(Cl)cc1NC(=O)c1cc(S(=O)(=O)N2CCOCC2)ccc1N1CCCCC1. The molecule has 2 aromatic carbocycles. The number of amides is 1. The molecule has 0 aliphatic carbocycles. The van der Waals surface area contributed by atoms with Gasteiger partial charge in [-0.05, 0) is 55.7 Å². The quantitative estimate of drug-likeness (QED) is 0.661. The molecule has 2 aliphatic heterocycles. The minimum absolute atomic E-state index is 0.0911. The van der Waals surface area contributed by atoms with Crippen LogP contribution in [0.15, 0.2) is 41.3 Å². The van der Waals surface area contributed by atoms with Crippen LogP contribution in [0.2, 0.25) is 5.02 Å². The molecule has 0 spiro atoms. The van der Waals surface area contributed by atoms with Gasteiger partial charge in [-0.3, -0.25) is 4.79 Å². The summed E-state index contributed by atoms with van der Waals surface area (Å²) in [5, 5.41) is 3.30. The van der Waals surface area contributed by atoms with E-state index < -0.39 is 15.9 Å². The molecule has 178 valence electrons. The first-order valence-corrected chi connectivity index (χ1v) is 12.8. The van der Waals surface area contributed by atoms with Crippen LogP contribution in [0.25, 0.3) is 0 Å². The molecule has 10 heteroatoms. The Morgan fingerprint density at radius 1 is 1.03 bits per heavy atom. The maximum absolute atomic E-state index is 13.4. The molecule has 2 aromatic rings. The third-order valence-corrected chi connectivity index (χ3v) is 8.06. The van der Waals surface area contributed by atoms with Gasteiger partial charge in [0.25, 0.3) is 5.91 Å². The zero-order chi connectivity index (χ0) is 23.4. The molecule has 0 radical (unpaired) electrons. The molecular formula is C23H28ClN3O5S. The van der Waals surface area contributed by atoms with Crippen molar-refractivity contribution in [2.75, 3.05) is 56.7 Å². The van der Waals surface area contributed by atoms with Gasteiger partial charge < -0.3 is 19.7 Å². The van der Waals surface area contributed by atoms with E-state index in [1.54, 1.807) is 30.3 Å². The third-order valence-electron chi connectivity index (χ3n) is 5.93. The minimum Gasteiger partial charge on any atom is -0.495 e. The summed E-state index contributed by atoms with van der Waals surface area (Å²) in [7, 11) is -2.24. The van der Waals surface area contributed by atoms with Gasteiger partial charge in [0.15, 0.2) is 0 Å². The standard InChI is InChI=1S/C23H28ClN3O5S/c1-31-22-8-5-17(24)15-20(22)25-23(28)19-16-18(33(29,30)27-11-13-32-14-12-27)6-7-21(19)26-9-3-2-4-10-26/h5-8,15-16H,2-4,9-14H2,1H3,(H,25,28). The van der Waals surface area contributed by atoms with Crippen molar-refractivity contribution in [3.63, 3.8) is 0 Å². The number of hydrogen-bond donors (Lipinski definition) is 1. The largest absolute Gasteiger partial charge is 0.495 e. The lowest BCUT2D eigenvalue weighted by Gasteiger charge is -2.31. The number of hydrogen-bond acceptors (Lipinski definition) is 6. The maximum Gasteiger partial charge on any atom is 0.257 e. The van der Waals surface area contributed by atoms with E-state index in [0.29, 0.717) is 40.9 Å². The third kappa shape index (κ3) is 5.27. The second-order valence-electron chi connectivity index (χ2n) is 8.04. The zero-order valence-electron chi connectivity index (χ0n) is 18.5. The van der Waals surface area contributed by atoms with E-state index >= 15 is 0 Å². The Kier molecular flexibility index (Phi) is 7.43. The van der Waals surface area contributed by atoms with E-state index in [4.69, 9.17) is 21.1 Å². The van der Waals surface area contributed by atoms with Gasteiger partial charge in [0.1, 0.15) is 5.75 Å². The van der Waals surface area contributed by atoms with Crippen LogP contribution in [0, 0.1) is 0 Å². The van der Waals surface area contributed by atoms with E-state index in [0.717, 1.165) is 32.4 Å². The van der Waals surface area contributed by atoms with Crippen molar-refractivity contribution in [2.24, 2.45) is 0 Å². The van der Waals surface area contributed by atoms with Gasteiger partial charge in [0, 0.05) is 36.9 Å². The number of nitrogens with zero attached hydrogens (tertiary/aromatic N) is 2. The number of sulfonamides is 1. The normalized spacial score (nSPS) is 17.6. The fourth-order valence-electron chi connectivity index (χ4n) is 4.17. The van der Waals surface area contributed by atoms with Crippen LogP contribution in [-0.2, 0) is 14.8 Å². The van der Waals surface area contributed by atoms with Gasteiger partial charge in [-0.2, -0.15) is 4.31 Å². The number of halogens is 1. The Hall–Kier alpha value is -2.33. The topological polar surface area (TPSA) is 88.2 Å². The maximum atomic E-state index is 13.4. The summed E-state index contributed by atoms with van der Waals surface area (Å²) >= 11 is 6.12. The summed E-state index contributed by atoms with van der Waals surface area (Å²) < 4.78 is 38.5. The van der Waals surface area contributed by atoms with Crippen LogP contribution in [0.5, 0.6) is 5.75 Å². The average molecular weight is 494 g/mol. The van der Waals surface area contributed by atoms with Crippen LogP contribution < -0.4 is 15.0 Å². The molecule has 1 amide bonds. The zero-order valence-corrected chi connectivity index (χ0v) is 20.1. The van der Waals surface area contributed by atoms with E-state index in [2.05, 4.69) is 10.2 Å². The smallest absolute Gasteiger partial charge is 0.257 e. The molecule has 2 aliphatic rings. The molecule has 0 aromatic heterocycles. The van der Waals surface area contributed by atoms with Crippen molar-refractivity contribution < 1.29 is 22.7 Å². The minimum atomic E-state index is -3.75. The first-order chi connectivity index (χ1) is 15.9. The molecule has 0 atom stereocenters. The van der Waals surface area contributed by atoms with Crippen LogP contribution in [0.4, 0.5) is 11.4 Å². The van der Waals surface area contributed by atoms with Crippen LogP contribution in [0.1, 0.15) is 29.6 Å². The second-order valence-corrected chi connectivity index (χ2v) is 10.4. The van der Waals surface area contributed by atoms with Gasteiger partial charge in [0.05, 0.1) is 36.5 Å².